The van der Waals surface area contributed by atoms with E-state index in [1.54, 1.807) is 19.2 Å². The number of methoxy groups -OCH3 is 3. The molecule has 1 aliphatic rings. The number of hydrazone groups is 1. The Balaban J connectivity index is 2.08. The molecule has 1 aromatic rings. The summed E-state index contributed by atoms with van der Waals surface area (Å²) in [6.45, 7) is 0.190. The van der Waals surface area contributed by atoms with Crippen molar-refractivity contribution >= 4 is 23.3 Å². The van der Waals surface area contributed by atoms with Gasteiger partial charge in [-0.3, -0.25) is 5.43 Å². The Morgan fingerprint density at radius 1 is 1.22 bits per heavy atom. The Hall–Kier alpha value is -2.77. The van der Waals surface area contributed by atoms with Crippen molar-refractivity contribution in [3.63, 3.8) is 0 Å². The van der Waals surface area contributed by atoms with Gasteiger partial charge in [-0.2, -0.15) is 5.10 Å². The maximum absolute atomic E-state index is 12.1. The highest BCUT2D eigenvalue weighted by Gasteiger charge is 2.46. The van der Waals surface area contributed by atoms with Gasteiger partial charge < -0.3 is 19.5 Å². The maximum atomic E-state index is 12.1. The van der Waals surface area contributed by atoms with Crippen molar-refractivity contribution < 1.29 is 23.8 Å². The van der Waals surface area contributed by atoms with Gasteiger partial charge in [0.2, 0.25) is 0 Å². The van der Waals surface area contributed by atoms with E-state index in [1.165, 1.54) is 14.2 Å². The van der Waals surface area contributed by atoms with Crippen LogP contribution in [0.5, 0.6) is 5.75 Å². The van der Waals surface area contributed by atoms with E-state index in [2.05, 4.69) is 20.6 Å². The summed E-state index contributed by atoms with van der Waals surface area (Å²) >= 11 is 0. The molecule has 23 heavy (non-hydrogen) atoms. The summed E-state index contributed by atoms with van der Waals surface area (Å²) in [6.07, 6.45) is 0.0789. The SMILES string of the molecule is COC(=O)C1=NNC(CNc2ccc(OC)cc2)(C(=O)OC)C1. The summed E-state index contributed by atoms with van der Waals surface area (Å²) in [5.41, 5.74) is 2.49. The fraction of sp³-hybridized carbons (Fsp3) is 0.400. The fourth-order valence-corrected chi connectivity index (χ4v) is 2.22. The number of rotatable bonds is 6. The summed E-state index contributed by atoms with van der Waals surface area (Å²) in [4.78, 5) is 23.7. The maximum Gasteiger partial charge on any atom is 0.354 e. The van der Waals surface area contributed by atoms with Crippen LogP contribution in [0.1, 0.15) is 6.42 Å². The highest BCUT2D eigenvalue weighted by atomic mass is 16.5. The highest BCUT2D eigenvalue weighted by Crippen LogP contribution is 2.22. The van der Waals surface area contributed by atoms with E-state index in [0.29, 0.717) is 0 Å². The monoisotopic (exact) mass is 321 g/mol. The predicted octanol–water partition coefficient (Wildman–Crippen LogP) is 0.541. The Bertz CT molecular complexity index is 614. The molecule has 0 spiro atoms. The standard InChI is InChI=1S/C15H19N3O5/c1-21-11-6-4-10(5-7-11)16-9-15(14(20)23-3)8-12(17-18-15)13(19)22-2/h4-7,16,18H,8-9H2,1-3H3. The molecule has 0 fully saturated rings. The number of nitrogens with one attached hydrogen (secondary N) is 2. The molecule has 0 amide bonds. The van der Waals surface area contributed by atoms with Crippen LogP contribution in [-0.2, 0) is 19.1 Å². The summed E-state index contributed by atoms with van der Waals surface area (Å²) in [5, 5.41) is 7.03. The second-order valence-corrected chi connectivity index (χ2v) is 4.99. The predicted molar refractivity (Wildman–Crippen MR) is 83.4 cm³/mol. The van der Waals surface area contributed by atoms with Gasteiger partial charge in [0, 0.05) is 12.1 Å². The van der Waals surface area contributed by atoms with Gasteiger partial charge in [-0.15, -0.1) is 0 Å². The number of esters is 2. The molecule has 1 aliphatic heterocycles. The molecule has 2 rings (SSSR count). The number of ether oxygens (including phenoxy) is 3. The lowest BCUT2D eigenvalue weighted by molar-refractivity contribution is -0.147. The van der Waals surface area contributed by atoms with Crippen LogP contribution in [0, 0.1) is 0 Å². The van der Waals surface area contributed by atoms with Crippen molar-refractivity contribution in [2.24, 2.45) is 5.10 Å². The molecule has 0 bridgehead atoms. The molecule has 0 radical (unpaired) electrons. The second-order valence-electron chi connectivity index (χ2n) is 4.99. The number of hydrogen-bond acceptors (Lipinski definition) is 8. The van der Waals surface area contributed by atoms with E-state index in [1.807, 2.05) is 12.1 Å². The first kappa shape index (κ1) is 16.6. The first-order valence-electron chi connectivity index (χ1n) is 6.93. The molecule has 1 atom stereocenters. The first-order chi connectivity index (χ1) is 11.0. The summed E-state index contributed by atoms with van der Waals surface area (Å²) in [6, 6.07) is 7.24. The number of benzene rings is 1. The second kappa shape index (κ2) is 6.99. The number of hydrogen-bond donors (Lipinski definition) is 2. The summed E-state index contributed by atoms with van der Waals surface area (Å²) in [5.74, 6) is -0.359. The molecular weight excluding hydrogens is 302 g/mol. The van der Waals surface area contributed by atoms with Gasteiger partial charge in [0.15, 0.2) is 5.54 Å². The Kier molecular flexibility index (Phi) is 5.05. The smallest absolute Gasteiger partial charge is 0.354 e. The molecule has 0 saturated carbocycles. The van der Waals surface area contributed by atoms with Gasteiger partial charge in [0.25, 0.3) is 0 Å². The molecule has 1 heterocycles. The largest absolute Gasteiger partial charge is 0.497 e. The Labute approximate surface area is 133 Å². The molecule has 0 aromatic heterocycles. The van der Waals surface area contributed by atoms with Crippen molar-refractivity contribution in [2.45, 2.75) is 12.0 Å². The van der Waals surface area contributed by atoms with Gasteiger partial charge >= 0.3 is 11.9 Å². The molecule has 124 valence electrons. The normalized spacial score (nSPS) is 19.3. The average Bonchev–Trinajstić information content (AvgIpc) is 3.04. The number of carbonyl (C=O) groups is 2. The first-order valence-corrected chi connectivity index (χ1v) is 6.93. The summed E-state index contributed by atoms with van der Waals surface area (Å²) < 4.78 is 14.6. The van der Waals surface area contributed by atoms with E-state index < -0.39 is 17.5 Å². The number of nitrogens with zero attached hydrogens (tertiary/aromatic N) is 1. The zero-order chi connectivity index (χ0) is 16.9. The average molecular weight is 321 g/mol. The van der Waals surface area contributed by atoms with E-state index in [4.69, 9.17) is 9.47 Å². The van der Waals surface area contributed by atoms with E-state index in [-0.39, 0.29) is 18.7 Å². The third-order valence-corrected chi connectivity index (χ3v) is 3.56. The molecule has 1 aromatic carbocycles. The van der Waals surface area contributed by atoms with Gasteiger partial charge in [-0.25, -0.2) is 9.59 Å². The van der Waals surface area contributed by atoms with Crippen molar-refractivity contribution in [3.05, 3.63) is 24.3 Å². The lowest BCUT2D eigenvalue weighted by Gasteiger charge is -2.26. The number of anilines is 1. The van der Waals surface area contributed by atoms with Gasteiger partial charge in [0.05, 0.1) is 27.9 Å². The lowest BCUT2D eigenvalue weighted by Crippen LogP contribution is -2.53. The minimum atomic E-state index is -1.15. The number of carbonyl (C=O) groups excluding carboxylic acids is 2. The van der Waals surface area contributed by atoms with Crippen molar-refractivity contribution in [2.75, 3.05) is 33.2 Å². The van der Waals surface area contributed by atoms with Crippen LogP contribution in [0.3, 0.4) is 0 Å². The summed E-state index contributed by atoms with van der Waals surface area (Å²) in [7, 11) is 4.14. The van der Waals surface area contributed by atoms with Gasteiger partial charge in [0.1, 0.15) is 11.5 Å². The highest BCUT2D eigenvalue weighted by molar-refractivity contribution is 6.37. The lowest BCUT2D eigenvalue weighted by atomic mass is 9.94. The van der Waals surface area contributed by atoms with Crippen molar-refractivity contribution in [1.82, 2.24) is 5.43 Å². The van der Waals surface area contributed by atoms with Crippen LogP contribution >= 0.6 is 0 Å². The molecule has 8 nitrogen and oxygen atoms in total. The van der Waals surface area contributed by atoms with Crippen LogP contribution in [0.25, 0.3) is 0 Å². The van der Waals surface area contributed by atoms with Crippen LogP contribution in [-0.4, -0.2) is 51.1 Å². The quantitative estimate of drug-likeness (QED) is 0.738. The fourth-order valence-electron chi connectivity index (χ4n) is 2.22. The van der Waals surface area contributed by atoms with Crippen LogP contribution in [0.4, 0.5) is 5.69 Å². The Morgan fingerprint density at radius 2 is 1.91 bits per heavy atom. The van der Waals surface area contributed by atoms with Crippen molar-refractivity contribution in [1.29, 1.82) is 0 Å². The molecule has 8 heteroatoms. The van der Waals surface area contributed by atoms with Crippen molar-refractivity contribution in [3.8, 4) is 5.75 Å². The molecule has 1 unspecified atom stereocenters. The minimum absolute atomic E-state index is 0.0789. The zero-order valence-corrected chi connectivity index (χ0v) is 13.2. The molecular formula is C15H19N3O5. The van der Waals surface area contributed by atoms with E-state index in [0.717, 1.165) is 11.4 Å². The molecule has 0 saturated heterocycles. The Morgan fingerprint density at radius 3 is 2.48 bits per heavy atom. The van der Waals surface area contributed by atoms with E-state index in [9.17, 15) is 9.59 Å². The van der Waals surface area contributed by atoms with Crippen LogP contribution < -0.4 is 15.5 Å². The third kappa shape index (κ3) is 3.53. The van der Waals surface area contributed by atoms with Crippen LogP contribution in [0.2, 0.25) is 0 Å². The third-order valence-electron chi connectivity index (χ3n) is 3.56. The molecule has 2 N–H and O–H groups in total. The minimum Gasteiger partial charge on any atom is -0.497 e. The van der Waals surface area contributed by atoms with E-state index >= 15 is 0 Å². The topological polar surface area (TPSA) is 98.3 Å². The zero-order valence-electron chi connectivity index (χ0n) is 13.2. The van der Waals surface area contributed by atoms with Crippen LogP contribution in [0.15, 0.2) is 29.4 Å². The molecule has 0 aliphatic carbocycles. The van der Waals surface area contributed by atoms with Gasteiger partial charge in [-0.1, -0.05) is 0 Å². The van der Waals surface area contributed by atoms with Gasteiger partial charge in [-0.05, 0) is 24.3 Å².